The molecule has 11 heteroatoms. The molecule has 3 aromatic rings. The summed E-state index contributed by atoms with van der Waals surface area (Å²) in [5, 5.41) is 18.7. The van der Waals surface area contributed by atoms with Gasteiger partial charge in [-0.05, 0) is 36.8 Å². The molecule has 39 heavy (non-hydrogen) atoms. The lowest BCUT2D eigenvalue weighted by Crippen LogP contribution is -2.39. The Hall–Kier alpha value is -3.92. The third kappa shape index (κ3) is 7.57. The monoisotopic (exact) mass is 555 g/mol. The average Bonchev–Trinajstić information content (AvgIpc) is 3.32. The lowest BCUT2D eigenvalue weighted by atomic mass is 9.92. The zero-order valence-electron chi connectivity index (χ0n) is 22.9. The number of benzene rings is 2. The molecule has 2 amide bonds. The van der Waals surface area contributed by atoms with Crippen LogP contribution in [-0.4, -0.2) is 51.6 Å². The number of unbranched alkanes of at least 4 members (excludes halogenated alkanes) is 2. The summed E-state index contributed by atoms with van der Waals surface area (Å²) in [6.45, 7) is 8.23. The molecule has 0 aliphatic carbocycles. The molecule has 1 heterocycles. The van der Waals surface area contributed by atoms with E-state index in [1.807, 2.05) is 45.9 Å². The number of hydrogen-bond donors (Lipinski definition) is 1. The van der Waals surface area contributed by atoms with Crippen molar-refractivity contribution >= 4 is 34.9 Å². The molecule has 0 atom stereocenters. The van der Waals surface area contributed by atoms with Crippen LogP contribution in [0.25, 0.3) is 5.69 Å². The van der Waals surface area contributed by atoms with Crippen LogP contribution in [0.15, 0.2) is 48.5 Å². The minimum absolute atomic E-state index is 0.0394. The molecule has 0 bridgehead atoms. The van der Waals surface area contributed by atoms with Gasteiger partial charge in [0, 0.05) is 30.2 Å². The first-order valence-electron chi connectivity index (χ1n) is 12.7. The van der Waals surface area contributed by atoms with Gasteiger partial charge >= 0.3 is 0 Å². The van der Waals surface area contributed by atoms with E-state index in [1.54, 1.807) is 23.9 Å². The maximum atomic E-state index is 13.4. The highest BCUT2D eigenvalue weighted by Gasteiger charge is 2.25. The minimum Gasteiger partial charge on any atom is -0.497 e. The van der Waals surface area contributed by atoms with E-state index in [0.29, 0.717) is 24.5 Å². The van der Waals surface area contributed by atoms with E-state index in [4.69, 9.17) is 21.4 Å². The number of hydrogen-bond acceptors (Lipinski definition) is 6. The van der Waals surface area contributed by atoms with Crippen molar-refractivity contribution in [3.05, 3.63) is 74.9 Å². The van der Waals surface area contributed by atoms with Crippen molar-refractivity contribution in [3.63, 3.8) is 0 Å². The first kappa shape index (κ1) is 29.6. The molecule has 2 aromatic carbocycles. The highest BCUT2D eigenvalue weighted by Crippen LogP contribution is 2.28. The summed E-state index contributed by atoms with van der Waals surface area (Å²) < 4.78 is 6.90. The molecule has 0 spiro atoms. The normalized spacial score (nSPS) is 11.2. The van der Waals surface area contributed by atoms with Crippen molar-refractivity contribution in [1.29, 1.82) is 0 Å². The Kier molecular flexibility index (Phi) is 9.69. The fourth-order valence-corrected chi connectivity index (χ4v) is 4.13. The molecule has 10 nitrogen and oxygen atoms in total. The van der Waals surface area contributed by atoms with E-state index in [2.05, 4.69) is 5.32 Å². The molecule has 0 saturated carbocycles. The number of carbonyl (C=O) groups is 2. The molecule has 3 rings (SSSR count). The predicted molar refractivity (Wildman–Crippen MR) is 151 cm³/mol. The van der Waals surface area contributed by atoms with E-state index in [1.165, 1.54) is 17.0 Å². The topological polar surface area (TPSA) is 120 Å². The van der Waals surface area contributed by atoms with Crippen LogP contribution in [-0.2, 0) is 10.2 Å². The second-order valence-electron chi connectivity index (χ2n) is 10.2. The van der Waals surface area contributed by atoms with E-state index < -0.39 is 16.7 Å². The van der Waals surface area contributed by atoms with E-state index in [0.717, 1.165) is 30.3 Å². The molecule has 0 aliphatic rings. The number of nitro benzene ring substituents is 1. The van der Waals surface area contributed by atoms with Crippen molar-refractivity contribution in [1.82, 2.24) is 14.7 Å². The van der Waals surface area contributed by atoms with Gasteiger partial charge in [-0.3, -0.25) is 19.7 Å². The molecule has 0 radical (unpaired) electrons. The molecule has 208 valence electrons. The van der Waals surface area contributed by atoms with Gasteiger partial charge in [-0.15, -0.1) is 0 Å². The van der Waals surface area contributed by atoms with Gasteiger partial charge in [0.25, 0.3) is 11.6 Å². The standard InChI is InChI=1S/C28H34ClN5O5/c1-6-7-8-15-32(27(36)22-14-11-20(34(37)38)16-23(22)29)18-26(35)30-25-17-24(28(2,3)4)31-33(25)19-9-12-21(39-5)13-10-19/h9-14,16-17H,6-8,15,18H2,1-5H3,(H,30,35). The van der Waals surface area contributed by atoms with Gasteiger partial charge in [0.15, 0.2) is 0 Å². The number of halogens is 1. The highest BCUT2D eigenvalue weighted by molar-refractivity contribution is 6.34. The highest BCUT2D eigenvalue weighted by atomic mass is 35.5. The van der Waals surface area contributed by atoms with Gasteiger partial charge < -0.3 is 15.0 Å². The second-order valence-corrected chi connectivity index (χ2v) is 10.6. The average molecular weight is 556 g/mol. The van der Waals surface area contributed by atoms with Crippen LogP contribution in [0.5, 0.6) is 5.75 Å². The van der Waals surface area contributed by atoms with Crippen LogP contribution in [0.3, 0.4) is 0 Å². The van der Waals surface area contributed by atoms with Crippen molar-refractivity contribution in [2.45, 2.75) is 52.4 Å². The zero-order valence-corrected chi connectivity index (χ0v) is 23.6. The Morgan fingerprint density at radius 3 is 2.38 bits per heavy atom. The van der Waals surface area contributed by atoms with Crippen molar-refractivity contribution in [3.8, 4) is 11.4 Å². The summed E-state index contributed by atoms with van der Waals surface area (Å²) in [5.74, 6) is 0.274. The number of rotatable bonds is 11. The molecule has 1 aromatic heterocycles. The third-order valence-corrected chi connectivity index (χ3v) is 6.42. The van der Waals surface area contributed by atoms with Crippen LogP contribution in [0.4, 0.5) is 11.5 Å². The Morgan fingerprint density at radius 2 is 1.82 bits per heavy atom. The van der Waals surface area contributed by atoms with Gasteiger partial charge in [0.05, 0.1) is 34.0 Å². The number of ether oxygens (including phenoxy) is 1. The van der Waals surface area contributed by atoms with E-state index in [9.17, 15) is 19.7 Å². The molecule has 0 fully saturated rings. The second kappa shape index (κ2) is 12.8. The summed E-state index contributed by atoms with van der Waals surface area (Å²) in [6.07, 6.45) is 2.50. The quantitative estimate of drug-likeness (QED) is 0.176. The summed E-state index contributed by atoms with van der Waals surface area (Å²) in [6, 6.07) is 12.8. The maximum absolute atomic E-state index is 13.4. The number of non-ortho nitro benzene ring substituents is 1. The number of nitro groups is 1. The zero-order chi connectivity index (χ0) is 28.7. The number of nitrogens with one attached hydrogen (secondary N) is 1. The van der Waals surface area contributed by atoms with Crippen LogP contribution < -0.4 is 10.1 Å². The number of nitrogens with zero attached hydrogens (tertiary/aromatic N) is 4. The van der Waals surface area contributed by atoms with Crippen molar-refractivity contribution in [2.24, 2.45) is 0 Å². The smallest absolute Gasteiger partial charge is 0.270 e. The maximum Gasteiger partial charge on any atom is 0.270 e. The number of aromatic nitrogens is 2. The molecule has 0 unspecified atom stereocenters. The molecule has 0 saturated heterocycles. The number of methoxy groups -OCH3 is 1. The fourth-order valence-electron chi connectivity index (χ4n) is 3.88. The van der Waals surface area contributed by atoms with Gasteiger partial charge in [0.2, 0.25) is 5.91 Å². The van der Waals surface area contributed by atoms with Crippen LogP contribution in [0, 0.1) is 10.1 Å². The first-order valence-corrected chi connectivity index (χ1v) is 13.1. The minimum atomic E-state index is -0.579. The van der Waals surface area contributed by atoms with Crippen molar-refractivity contribution < 1.29 is 19.2 Å². The van der Waals surface area contributed by atoms with Crippen LogP contribution in [0.2, 0.25) is 5.02 Å². The van der Waals surface area contributed by atoms with Gasteiger partial charge in [-0.1, -0.05) is 52.1 Å². The SMILES string of the molecule is CCCCCN(CC(=O)Nc1cc(C(C)(C)C)nn1-c1ccc(OC)cc1)C(=O)c1ccc([N+](=O)[O-])cc1Cl. The predicted octanol–water partition coefficient (Wildman–Crippen LogP) is 6.01. The Morgan fingerprint density at radius 1 is 1.13 bits per heavy atom. The summed E-state index contributed by atoms with van der Waals surface area (Å²) >= 11 is 6.22. The van der Waals surface area contributed by atoms with Gasteiger partial charge in [0.1, 0.15) is 18.1 Å². The van der Waals surface area contributed by atoms with E-state index >= 15 is 0 Å². The lowest BCUT2D eigenvalue weighted by molar-refractivity contribution is -0.384. The number of anilines is 1. The first-order chi connectivity index (χ1) is 18.4. The summed E-state index contributed by atoms with van der Waals surface area (Å²) in [5.41, 5.74) is 1.13. The molecule has 1 N–H and O–H groups in total. The van der Waals surface area contributed by atoms with E-state index in [-0.39, 0.29) is 28.2 Å². The Bertz CT molecular complexity index is 1330. The molecular formula is C28H34ClN5O5. The van der Waals surface area contributed by atoms with Gasteiger partial charge in [-0.2, -0.15) is 5.10 Å². The summed E-state index contributed by atoms with van der Waals surface area (Å²) in [4.78, 5) is 38.6. The molecular weight excluding hydrogens is 522 g/mol. The Balaban J connectivity index is 1.88. The van der Waals surface area contributed by atoms with Gasteiger partial charge in [-0.25, -0.2) is 4.68 Å². The lowest BCUT2D eigenvalue weighted by Gasteiger charge is -2.23. The number of amides is 2. The van der Waals surface area contributed by atoms with Crippen LogP contribution >= 0.6 is 11.6 Å². The van der Waals surface area contributed by atoms with Crippen LogP contribution in [0.1, 0.15) is 63.0 Å². The third-order valence-electron chi connectivity index (χ3n) is 6.11. The number of carbonyl (C=O) groups excluding carboxylic acids is 2. The van der Waals surface area contributed by atoms with Crippen molar-refractivity contribution in [2.75, 3.05) is 25.5 Å². The largest absolute Gasteiger partial charge is 0.497 e. The fraction of sp³-hybridized carbons (Fsp3) is 0.393. The molecule has 0 aliphatic heterocycles. The Labute approximate surface area is 233 Å². The summed E-state index contributed by atoms with van der Waals surface area (Å²) in [7, 11) is 1.59.